The van der Waals surface area contributed by atoms with Crippen molar-refractivity contribution in [2.24, 2.45) is 17.8 Å². The summed E-state index contributed by atoms with van der Waals surface area (Å²) >= 11 is 0. The minimum Gasteiger partial charge on any atom is -0.458 e. The molecule has 4 rings (SSSR count). The van der Waals surface area contributed by atoms with Crippen LogP contribution in [0.3, 0.4) is 0 Å². The van der Waals surface area contributed by atoms with Crippen LogP contribution in [-0.2, 0) is 4.74 Å². The Morgan fingerprint density at radius 1 is 1.15 bits per heavy atom. The zero-order valence-corrected chi connectivity index (χ0v) is 21.3. The predicted octanol–water partition coefficient (Wildman–Crippen LogP) is 7.15. The number of unbranched alkanes of at least 4 members (excludes halogenated alkanes) is 2. The van der Waals surface area contributed by atoms with Crippen molar-refractivity contribution in [1.29, 1.82) is 5.26 Å². The van der Waals surface area contributed by atoms with E-state index in [-0.39, 0.29) is 12.1 Å². The predicted molar refractivity (Wildman–Crippen MR) is 134 cm³/mol. The molecule has 2 aromatic rings. The zero-order valence-electron chi connectivity index (χ0n) is 21.3. The molecular weight excluding hydrogens is 424 g/mol. The van der Waals surface area contributed by atoms with Crippen LogP contribution in [0.25, 0.3) is 5.65 Å². The van der Waals surface area contributed by atoms with Gasteiger partial charge in [0.25, 0.3) is 0 Å². The Bertz CT molecular complexity index is 976. The van der Waals surface area contributed by atoms with Crippen LogP contribution in [0.5, 0.6) is 0 Å². The van der Waals surface area contributed by atoms with E-state index in [0.717, 1.165) is 70.0 Å². The molecule has 2 unspecified atom stereocenters. The van der Waals surface area contributed by atoms with E-state index >= 15 is 0 Å². The van der Waals surface area contributed by atoms with Gasteiger partial charge in [-0.3, -0.25) is 0 Å². The highest BCUT2D eigenvalue weighted by Crippen LogP contribution is 2.41. The second-order valence-electron chi connectivity index (χ2n) is 10.9. The number of hydrogen-bond donors (Lipinski definition) is 1. The molecule has 2 saturated carbocycles. The molecule has 34 heavy (non-hydrogen) atoms. The topological polar surface area (TPSA) is 83.2 Å². The molecule has 2 fully saturated rings. The summed E-state index contributed by atoms with van der Waals surface area (Å²) in [6.45, 7) is 6.79. The van der Waals surface area contributed by atoms with E-state index in [1.54, 1.807) is 10.7 Å². The highest BCUT2D eigenvalue weighted by Gasteiger charge is 2.39. The maximum absolute atomic E-state index is 13.6. The van der Waals surface area contributed by atoms with Crippen molar-refractivity contribution < 1.29 is 9.53 Å². The lowest BCUT2D eigenvalue weighted by molar-refractivity contribution is -0.0393. The number of carbonyl (C=O) groups is 1. The van der Waals surface area contributed by atoms with Gasteiger partial charge < -0.3 is 9.72 Å². The number of rotatable bonds is 9. The first kappa shape index (κ1) is 24.8. The van der Waals surface area contributed by atoms with Crippen LogP contribution < -0.4 is 0 Å². The SMILES string of the molecule is CCCCC1CC(C)CC(CCCC)C1OC(=O)c1c(C#N)cn2nc(C3CCCCC3)[nH]c12. The fraction of sp³-hybridized carbons (Fsp3) is 0.750. The lowest BCUT2D eigenvalue weighted by atomic mass is 9.70. The molecule has 0 saturated heterocycles. The number of ether oxygens (including phenoxy) is 1. The Balaban J connectivity index is 1.61. The molecule has 2 aliphatic carbocycles. The number of aromatic nitrogens is 3. The Kier molecular flexibility index (Phi) is 8.34. The fourth-order valence-corrected chi connectivity index (χ4v) is 6.46. The molecule has 2 aliphatic rings. The van der Waals surface area contributed by atoms with Gasteiger partial charge in [-0.05, 0) is 56.3 Å². The molecule has 6 nitrogen and oxygen atoms in total. The van der Waals surface area contributed by atoms with Gasteiger partial charge in [0.1, 0.15) is 29.2 Å². The second kappa shape index (κ2) is 11.4. The number of fused-ring (bicyclic) bond motifs is 1. The van der Waals surface area contributed by atoms with E-state index in [1.165, 1.54) is 19.3 Å². The Morgan fingerprint density at radius 2 is 1.79 bits per heavy atom. The van der Waals surface area contributed by atoms with Gasteiger partial charge in [0.15, 0.2) is 0 Å². The molecule has 0 bridgehead atoms. The number of nitrogens with one attached hydrogen (secondary N) is 1. The normalized spacial score (nSPS) is 25.9. The minimum absolute atomic E-state index is 0.0657. The monoisotopic (exact) mass is 466 g/mol. The number of H-pyrrole nitrogens is 1. The highest BCUT2D eigenvalue weighted by molar-refractivity contribution is 5.99. The lowest BCUT2D eigenvalue weighted by Gasteiger charge is -2.40. The lowest BCUT2D eigenvalue weighted by Crippen LogP contribution is -2.40. The van der Waals surface area contributed by atoms with Crippen molar-refractivity contribution in [3.63, 3.8) is 0 Å². The van der Waals surface area contributed by atoms with Gasteiger partial charge in [0.05, 0.1) is 5.56 Å². The number of carbonyl (C=O) groups excluding carboxylic acids is 1. The summed E-state index contributed by atoms with van der Waals surface area (Å²) in [7, 11) is 0. The fourth-order valence-electron chi connectivity index (χ4n) is 6.46. The van der Waals surface area contributed by atoms with Crippen LogP contribution in [0.2, 0.25) is 0 Å². The molecule has 186 valence electrons. The molecular formula is C28H42N4O2. The van der Waals surface area contributed by atoms with Gasteiger partial charge in [-0.1, -0.05) is 65.7 Å². The van der Waals surface area contributed by atoms with E-state index in [4.69, 9.17) is 9.84 Å². The van der Waals surface area contributed by atoms with Crippen molar-refractivity contribution in [3.05, 3.63) is 23.1 Å². The maximum atomic E-state index is 13.6. The van der Waals surface area contributed by atoms with Crippen LogP contribution in [0.15, 0.2) is 6.20 Å². The van der Waals surface area contributed by atoms with Crippen LogP contribution in [0, 0.1) is 29.1 Å². The van der Waals surface area contributed by atoms with Gasteiger partial charge in [0.2, 0.25) is 0 Å². The molecule has 0 aliphatic heterocycles. The zero-order chi connectivity index (χ0) is 24.1. The molecule has 0 aromatic carbocycles. The quantitative estimate of drug-likeness (QED) is 0.398. The summed E-state index contributed by atoms with van der Waals surface area (Å²) in [4.78, 5) is 17.0. The van der Waals surface area contributed by atoms with Crippen LogP contribution in [0.1, 0.15) is 132 Å². The standard InChI is InChI=1S/C28H42N4O2/c1-4-6-11-21-15-19(3)16-22(12-7-5-2)25(21)34-28(33)24-23(17-29)18-32-27(24)30-26(31-32)20-13-9-8-10-14-20/h18-22,25H,4-16H2,1-3H3,(H,30,31). The number of nitrogens with zero attached hydrogens (tertiary/aromatic N) is 3. The van der Waals surface area contributed by atoms with E-state index in [1.807, 2.05) is 0 Å². The first-order valence-electron chi connectivity index (χ1n) is 13.8. The van der Waals surface area contributed by atoms with Crippen LogP contribution in [-0.4, -0.2) is 26.7 Å². The number of aromatic amines is 1. The first-order valence-corrected chi connectivity index (χ1v) is 13.8. The summed E-state index contributed by atoms with van der Waals surface area (Å²) < 4.78 is 8.04. The molecule has 2 aromatic heterocycles. The van der Waals surface area contributed by atoms with Gasteiger partial charge in [0, 0.05) is 12.1 Å². The van der Waals surface area contributed by atoms with Crippen LogP contribution >= 0.6 is 0 Å². The molecule has 0 spiro atoms. The van der Waals surface area contributed by atoms with E-state index in [0.29, 0.717) is 40.4 Å². The molecule has 0 radical (unpaired) electrons. The van der Waals surface area contributed by atoms with E-state index < -0.39 is 0 Å². The summed E-state index contributed by atoms with van der Waals surface area (Å²) in [5, 5.41) is 14.5. The third kappa shape index (κ3) is 5.34. The van der Waals surface area contributed by atoms with Crippen molar-refractivity contribution in [3.8, 4) is 6.07 Å². The van der Waals surface area contributed by atoms with E-state index in [2.05, 4.69) is 31.8 Å². The number of esters is 1. The van der Waals surface area contributed by atoms with Gasteiger partial charge in [-0.2, -0.15) is 10.4 Å². The molecule has 1 N–H and O–H groups in total. The third-order valence-electron chi connectivity index (χ3n) is 8.20. The minimum atomic E-state index is -0.361. The Labute approximate surface area is 204 Å². The summed E-state index contributed by atoms with van der Waals surface area (Å²) in [5.41, 5.74) is 1.32. The van der Waals surface area contributed by atoms with Gasteiger partial charge >= 0.3 is 5.97 Å². The summed E-state index contributed by atoms with van der Waals surface area (Å²) in [6, 6.07) is 2.20. The maximum Gasteiger partial charge on any atom is 0.343 e. The largest absolute Gasteiger partial charge is 0.458 e. The van der Waals surface area contributed by atoms with Crippen LogP contribution in [0.4, 0.5) is 0 Å². The molecule has 2 heterocycles. The van der Waals surface area contributed by atoms with Crippen molar-refractivity contribution in [1.82, 2.24) is 14.6 Å². The third-order valence-corrected chi connectivity index (χ3v) is 8.20. The average Bonchev–Trinajstić information content (AvgIpc) is 3.41. The molecule has 6 heteroatoms. The highest BCUT2D eigenvalue weighted by atomic mass is 16.5. The van der Waals surface area contributed by atoms with Crippen molar-refractivity contribution in [2.75, 3.05) is 0 Å². The summed E-state index contributed by atoms with van der Waals surface area (Å²) in [6.07, 6.45) is 16.7. The Hall–Kier alpha value is -2.29. The molecule has 2 atom stereocenters. The number of nitriles is 1. The van der Waals surface area contributed by atoms with Gasteiger partial charge in [-0.15, -0.1) is 0 Å². The van der Waals surface area contributed by atoms with E-state index in [9.17, 15) is 10.1 Å². The van der Waals surface area contributed by atoms with Crippen molar-refractivity contribution in [2.45, 2.75) is 116 Å². The Morgan fingerprint density at radius 3 is 2.38 bits per heavy atom. The van der Waals surface area contributed by atoms with Crippen molar-refractivity contribution >= 4 is 11.6 Å². The molecule has 0 amide bonds. The second-order valence-corrected chi connectivity index (χ2v) is 10.9. The smallest absolute Gasteiger partial charge is 0.343 e. The van der Waals surface area contributed by atoms with Gasteiger partial charge in [-0.25, -0.2) is 9.31 Å². The summed E-state index contributed by atoms with van der Waals surface area (Å²) in [5.74, 6) is 2.44. The number of hydrogen-bond acceptors (Lipinski definition) is 4. The first-order chi connectivity index (χ1) is 16.5. The average molecular weight is 467 g/mol.